The van der Waals surface area contributed by atoms with Crippen molar-refractivity contribution in [2.24, 2.45) is 5.92 Å². The second kappa shape index (κ2) is 11.8. The third-order valence-electron chi connectivity index (χ3n) is 5.62. The lowest BCUT2D eigenvalue weighted by molar-refractivity contribution is 0.0629. The van der Waals surface area contributed by atoms with Gasteiger partial charge in [-0.1, -0.05) is 50.2 Å². The van der Waals surface area contributed by atoms with Crippen LogP contribution >= 0.6 is 0 Å². The Balaban J connectivity index is 1.64. The normalized spacial score (nSPS) is 12.5. The van der Waals surface area contributed by atoms with E-state index in [9.17, 15) is 9.50 Å². The molecule has 0 amide bonds. The van der Waals surface area contributed by atoms with Crippen molar-refractivity contribution in [1.82, 2.24) is 9.47 Å². The fourth-order valence-electron chi connectivity index (χ4n) is 3.72. The first-order chi connectivity index (χ1) is 15.4. The molecule has 0 saturated heterocycles. The lowest BCUT2D eigenvalue weighted by atomic mass is 10.1. The van der Waals surface area contributed by atoms with Gasteiger partial charge in [-0.2, -0.15) is 0 Å². The monoisotopic (exact) mass is 438 g/mol. The van der Waals surface area contributed by atoms with E-state index in [0.717, 1.165) is 30.0 Å². The van der Waals surface area contributed by atoms with E-state index in [0.29, 0.717) is 31.1 Å². The molecule has 1 heterocycles. The quantitative estimate of drug-likeness (QED) is 0.418. The molecule has 0 aliphatic rings. The van der Waals surface area contributed by atoms with Gasteiger partial charge in [0.2, 0.25) is 0 Å². The number of hydrogen-bond donors (Lipinski definition) is 1. The fourth-order valence-corrected chi connectivity index (χ4v) is 3.72. The molecule has 3 rings (SSSR count). The molecule has 1 atom stereocenters. The van der Waals surface area contributed by atoms with Crippen molar-refractivity contribution in [2.75, 3.05) is 19.7 Å². The molecule has 32 heavy (non-hydrogen) atoms. The van der Waals surface area contributed by atoms with Crippen LogP contribution in [-0.2, 0) is 13.1 Å². The molecule has 4 nitrogen and oxygen atoms in total. The molecule has 0 bridgehead atoms. The Morgan fingerprint density at radius 2 is 1.78 bits per heavy atom. The number of aryl methyl sites for hydroxylation is 1. The standard InChI is InChI=1S/C27H35FN2O2/c1-21(2)14-16-29(19-25(31)20-32-27-13-7-4-9-22(27)3)18-24-11-8-15-30(24)17-23-10-5-6-12-26(23)28/h4-13,15,21,25,31H,14,16-20H2,1-3H3/t25-/m0/s1. The molecule has 0 aliphatic carbocycles. The summed E-state index contributed by atoms with van der Waals surface area (Å²) in [4.78, 5) is 2.26. The van der Waals surface area contributed by atoms with Crippen molar-refractivity contribution in [1.29, 1.82) is 0 Å². The number of aromatic nitrogens is 1. The minimum absolute atomic E-state index is 0.187. The summed E-state index contributed by atoms with van der Waals surface area (Å²) in [5, 5.41) is 10.7. The van der Waals surface area contributed by atoms with Crippen LogP contribution in [0.25, 0.3) is 0 Å². The van der Waals surface area contributed by atoms with Gasteiger partial charge in [0.1, 0.15) is 24.3 Å². The highest BCUT2D eigenvalue weighted by atomic mass is 19.1. The minimum atomic E-state index is -0.600. The van der Waals surface area contributed by atoms with Gasteiger partial charge in [0, 0.05) is 30.5 Å². The molecule has 0 fully saturated rings. The number of aliphatic hydroxyl groups excluding tert-OH is 1. The lowest BCUT2D eigenvalue weighted by Gasteiger charge is -2.26. The Morgan fingerprint density at radius 1 is 1.03 bits per heavy atom. The van der Waals surface area contributed by atoms with E-state index in [2.05, 4.69) is 29.4 Å². The fraction of sp³-hybridized carbons (Fsp3) is 0.407. The van der Waals surface area contributed by atoms with Crippen molar-refractivity contribution < 1.29 is 14.2 Å². The van der Waals surface area contributed by atoms with Crippen molar-refractivity contribution in [3.8, 4) is 5.75 Å². The summed E-state index contributed by atoms with van der Waals surface area (Å²) >= 11 is 0. The topological polar surface area (TPSA) is 37.6 Å². The maximum absolute atomic E-state index is 14.1. The van der Waals surface area contributed by atoms with E-state index in [-0.39, 0.29) is 12.4 Å². The molecule has 0 unspecified atom stereocenters. The zero-order chi connectivity index (χ0) is 22.9. The molecular formula is C27H35FN2O2. The van der Waals surface area contributed by atoms with E-state index < -0.39 is 6.10 Å². The SMILES string of the molecule is Cc1ccccc1OC[C@@H](O)CN(CCC(C)C)Cc1cccn1Cc1ccccc1F. The maximum Gasteiger partial charge on any atom is 0.128 e. The molecule has 0 saturated carbocycles. The van der Waals surface area contributed by atoms with E-state index in [1.54, 1.807) is 6.07 Å². The number of benzene rings is 2. The Kier molecular flexibility index (Phi) is 8.89. The number of aliphatic hydroxyl groups is 1. The highest BCUT2D eigenvalue weighted by Crippen LogP contribution is 2.17. The largest absolute Gasteiger partial charge is 0.491 e. The molecule has 2 aromatic carbocycles. The number of rotatable bonds is 12. The lowest BCUT2D eigenvalue weighted by Crippen LogP contribution is -2.36. The summed E-state index contributed by atoms with van der Waals surface area (Å²) in [5.41, 5.74) is 2.83. The minimum Gasteiger partial charge on any atom is -0.491 e. The summed E-state index contributed by atoms with van der Waals surface area (Å²) in [6, 6.07) is 18.8. The van der Waals surface area contributed by atoms with Crippen LogP contribution < -0.4 is 4.74 Å². The first-order valence-electron chi connectivity index (χ1n) is 11.4. The van der Waals surface area contributed by atoms with Gasteiger partial charge in [-0.05, 0) is 55.6 Å². The Bertz CT molecular complexity index is 970. The van der Waals surface area contributed by atoms with Gasteiger partial charge in [-0.3, -0.25) is 4.90 Å². The van der Waals surface area contributed by atoms with E-state index >= 15 is 0 Å². The zero-order valence-corrected chi connectivity index (χ0v) is 19.4. The van der Waals surface area contributed by atoms with Crippen LogP contribution in [0.4, 0.5) is 4.39 Å². The highest BCUT2D eigenvalue weighted by molar-refractivity contribution is 5.31. The predicted octanol–water partition coefficient (Wildman–Crippen LogP) is 5.27. The van der Waals surface area contributed by atoms with Crippen molar-refractivity contribution >= 4 is 0 Å². The molecular weight excluding hydrogens is 403 g/mol. The van der Waals surface area contributed by atoms with E-state index in [1.807, 2.05) is 55.6 Å². The molecule has 3 aromatic rings. The number of ether oxygens (including phenoxy) is 1. The van der Waals surface area contributed by atoms with Gasteiger partial charge in [0.05, 0.1) is 6.54 Å². The number of para-hydroxylation sites is 1. The first kappa shape index (κ1) is 24.0. The van der Waals surface area contributed by atoms with Gasteiger partial charge in [0.25, 0.3) is 0 Å². The van der Waals surface area contributed by atoms with E-state index in [1.165, 1.54) is 6.07 Å². The van der Waals surface area contributed by atoms with Gasteiger partial charge in [0.15, 0.2) is 0 Å². The summed E-state index contributed by atoms with van der Waals surface area (Å²) in [6.07, 6.45) is 2.43. The second-order valence-corrected chi connectivity index (χ2v) is 8.87. The van der Waals surface area contributed by atoms with Crippen molar-refractivity contribution in [2.45, 2.75) is 46.4 Å². The molecule has 0 aliphatic heterocycles. The summed E-state index contributed by atoms with van der Waals surface area (Å²) in [6.45, 7) is 9.24. The maximum atomic E-state index is 14.1. The average molecular weight is 439 g/mol. The van der Waals surface area contributed by atoms with Crippen molar-refractivity contribution in [3.63, 3.8) is 0 Å². The van der Waals surface area contributed by atoms with Crippen LogP contribution in [0.1, 0.15) is 37.1 Å². The molecule has 0 radical (unpaired) electrons. The average Bonchev–Trinajstić information content (AvgIpc) is 3.19. The third kappa shape index (κ3) is 7.21. The van der Waals surface area contributed by atoms with Crippen LogP contribution in [0, 0.1) is 18.7 Å². The summed E-state index contributed by atoms with van der Waals surface area (Å²) in [7, 11) is 0. The van der Waals surface area contributed by atoms with Crippen LogP contribution in [0.15, 0.2) is 66.9 Å². The Morgan fingerprint density at radius 3 is 2.53 bits per heavy atom. The van der Waals surface area contributed by atoms with Gasteiger partial charge < -0.3 is 14.4 Å². The van der Waals surface area contributed by atoms with Gasteiger partial charge in [-0.15, -0.1) is 0 Å². The molecule has 1 aromatic heterocycles. The number of nitrogens with zero attached hydrogens (tertiary/aromatic N) is 2. The smallest absolute Gasteiger partial charge is 0.128 e. The Hall–Kier alpha value is -2.63. The summed E-state index contributed by atoms with van der Waals surface area (Å²) in [5.74, 6) is 1.19. The predicted molar refractivity (Wildman–Crippen MR) is 127 cm³/mol. The van der Waals surface area contributed by atoms with Crippen LogP contribution in [0.3, 0.4) is 0 Å². The molecule has 0 spiro atoms. The van der Waals surface area contributed by atoms with Crippen LogP contribution in [-0.4, -0.2) is 40.4 Å². The van der Waals surface area contributed by atoms with Crippen LogP contribution in [0.5, 0.6) is 5.75 Å². The second-order valence-electron chi connectivity index (χ2n) is 8.87. The zero-order valence-electron chi connectivity index (χ0n) is 19.4. The Labute approximate surface area is 191 Å². The van der Waals surface area contributed by atoms with Gasteiger partial charge >= 0.3 is 0 Å². The number of halogens is 1. The molecule has 172 valence electrons. The van der Waals surface area contributed by atoms with Crippen LogP contribution in [0.2, 0.25) is 0 Å². The molecule has 5 heteroatoms. The van der Waals surface area contributed by atoms with Crippen molar-refractivity contribution in [3.05, 3.63) is 89.5 Å². The van der Waals surface area contributed by atoms with E-state index in [4.69, 9.17) is 4.74 Å². The van der Waals surface area contributed by atoms with Gasteiger partial charge in [-0.25, -0.2) is 4.39 Å². The summed E-state index contributed by atoms with van der Waals surface area (Å²) < 4.78 is 22.1. The molecule has 1 N–H and O–H groups in total. The first-order valence-corrected chi connectivity index (χ1v) is 11.4. The number of hydrogen-bond acceptors (Lipinski definition) is 3. The highest BCUT2D eigenvalue weighted by Gasteiger charge is 2.16. The third-order valence-corrected chi connectivity index (χ3v) is 5.62.